The van der Waals surface area contributed by atoms with Gasteiger partial charge >= 0.3 is 5.97 Å². The van der Waals surface area contributed by atoms with Crippen molar-refractivity contribution in [3.8, 4) is 17.1 Å². The number of imidazole rings is 1. The number of fused-ring (bicyclic) bond motifs is 5. The van der Waals surface area contributed by atoms with Crippen LogP contribution < -0.4 is 4.74 Å². The minimum atomic E-state index is -0.512. The smallest absolute Gasteiger partial charge is 0.360 e. The van der Waals surface area contributed by atoms with Gasteiger partial charge in [0.05, 0.1) is 43.0 Å². The highest BCUT2D eigenvalue weighted by Gasteiger charge is 2.31. The van der Waals surface area contributed by atoms with Gasteiger partial charge in [-0.1, -0.05) is 5.21 Å². The van der Waals surface area contributed by atoms with Crippen LogP contribution in [0.1, 0.15) is 34.5 Å². The molecule has 0 N–H and O–H groups in total. The molecule has 1 aromatic carbocycles. The lowest BCUT2D eigenvalue weighted by molar-refractivity contribution is 0.0518. The summed E-state index contributed by atoms with van der Waals surface area (Å²) < 4.78 is 19.8. The summed E-state index contributed by atoms with van der Waals surface area (Å²) in [6, 6.07) is 5.63. The SMILES string of the molecule is CCOC(=O)c1nnn2c1Cc1c(C3=NCCO3)ncn1-c1ccc(OC)cc1-2. The topological polar surface area (TPSA) is 106 Å². The van der Waals surface area contributed by atoms with Crippen LogP contribution in [0.15, 0.2) is 29.5 Å². The summed E-state index contributed by atoms with van der Waals surface area (Å²) in [7, 11) is 1.60. The summed E-state index contributed by atoms with van der Waals surface area (Å²) in [5.41, 5.74) is 3.82. The Labute approximate surface area is 165 Å². The highest BCUT2D eigenvalue weighted by atomic mass is 16.5. The number of methoxy groups -OCH3 is 1. The van der Waals surface area contributed by atoms with Gasteiger partial charge in [0.25, 0.3) is 0 Å². The van der Waals surface area contributed by atoms with Crippen LogP contribution in [0, 0.1) is 0 Å². The molecule has 0 saturated heterocycles. The van der Waals surface area contributed by atoms with Crippen LogP contribution in [0.2, 0.25) is 0 Å². The lowest BCUT2D eigenvalue weighted by Gasteiger charge is -2.11. The fraction of sp³-hybridized carbons (Fsp3) is 0.316. The number of ether oxygens (including phenoxy) is 3. The van der Waals surface area contributed by atoms with E-state index in [0.717, 1.165) is 17.1 Å². The van der Waals surface area contributed by atoms with E-state index >= 15 is 0 Å². The predicted octanol–water partition coefficient (Wildman–Crippen LogP) is 1.32. The first-order chi connectivity index (χ1) is 14.2. The molecule has 0 fully saturated rings. The second-order valence-corrected chi connectivity index (χ2v) is 6.49. The van der Waals surface area contributed by atoms with Crippen LogP contribution in [0.4, 0.5) is 0 Å². The van der Waals surface area contributed by atoms with Crippen LogP contribution in [0.5, 0.6) is 5.75 Å². The molecule has 0 radical (unpaired) electrons. The van der Waals surface area contributed by atoms with Gasteiger partial charge in [0.15, 0.2) is 5.69 Å². The molecule has 5 rings (SSSR count). The van der Waals surface area contributed by atoms with Gasteiger partial charge in [0, 0.05) is 12.5 Å². The Morgan fingerprint density at radius 1 is 1.28 bits per heavy atom. The third kappa shape index (κ3) is 2.67. The summed E-state index contributed by atoms with van der Waals surface area (Å²) in [6.45, 7) is 3.14. The average molecular weight is 394 g/mol. The average Bonchev–Trinajstić information content (AvgIpc) is 3.46. The quantitative estimate of drug-likeness (QED) is 0.481. The number of hydrogen-bond acceptors (Lipinski definition) is 8. The molecule has 0 spiro atoms. The normalized spacial score (nSPS) is 14.2. The molecule has 2 aliphatic heterocycles. The van der Waals surface area contributed by atoms with Crippen LogP contribution in [-0.2, 0) is 15.9 Å². The number of carbonyl (C=O) groups excluding carboxylic acids is 1. The van der Waals surface area contributed by atoms with E-state index in [1.54, 1.807) is 25.0 Å². The van der Waals surface area contributed by atoms with Gasteiger partial charge in [-0.3, -0.25) is 4.57 Å². The van der Waals surface area contributed by atoms with Crippen molar-refractivity contribution in [3.05, 3.63) is 47.3 Å². The number of aliphatic imine (C=N–C) groups is 1. The van der Waals surface area contributed by atoms with Crippen molar-refractivity contribution in [2.24, 2.45) is 4.99 Å². The molecule has 10 heteroatoms. The minimum absolute atomic E-state index is 0.176. The van der Waals surface area contributed by atoms with E-state index < -0.39 is 5.97 Å². The first-order valence-electron chi connectivity index (χ1n) is 9.25. The maximum Gasteiger partial charge on any atom is 0.360 e. The van der Waals surface area contributed by atoms with Crippen molar-refractivity contribution >= 4 is 11.9 Å². The van der Waals surface area contributed by atoms with E-state index in [2.05, 4.69) is 20.3 Å². The number of nitrogens with zero attached hydrogens (tertiary/aromatic N) is 6. The molecule has 2 aromatic heterocycles. The van der Waals surface area contributed by atoms with Gasteiger partial charge in [-0.25, -0.2) is 19.5 Å². The molecule has 3 aromatic rings. The first kappa shape index (κ1) is 17.4. The first-order valence-corrected chi connectivity index (χ1v) is 9.25. The molecule has 0 atom stereocenters. The maximum atomic E-state index is 12.5. The zero-order valence-corrected chi connectivity index (χ0v) is 16.0. The van der Waals surface area contributed by atoms with Crippen LogP contribution in [0.3, 0.4) is 0 Å². The number of aromatic nitrogens is 5. The number of rotatable bonds is 4. The molecule has 0 saturated carbocycles. The largest absolute Gasteiger partial charge is 0.497 e. The lowest BCUT2D eigenvalue weighted by Crippen LogP contribution is -2.12. The number of hydrogen-bond donors (Lipinski definition) is 0. The summed E-state index contributed by atoms with van der Waals surface area (Å²) >= 11 is 0. The summed E-state index contributed by atoms with van der Waals surface area (Å²) in [5.74, 6) is 0.657. The fourth-order valence-corrected chi connectivity index (χ4v) is 3.58. The third-order valence-corrected chi connectivity index (χ3v) is 4.89. The van der Waals surface area contributed by atoms with Gasteiger partial charge in [0.1, 0.15) is 24.4 Å². The second-order valence-electron chi connectivity index (χ2n) is 6.49. The maximum absolute atomic E-state index is 12.5. The number of esters is 1. The Balaban J connectivity index is 1.75. The van der Waals surface area contributed by atoms with E-state index in [-0.39, 0.29) is 12.3 Å². The second kappa shape index (κ2) is 6.73. The lowest BCUT2D eigenvalue weighted by atomic mass is 10.1. The highest BCUT2D eigenvalue weighted by Crippen LogP contribution is 2.33. The van der Waals surface area contributed by atoms with Crippen molar-refractivity contribution in [1.82, 2.24) is 24.5 Å². The van der Waals surface area contributed by atoms with E-state index in [9.17, 15) is 4.79 Å². The van der Waals surface area contributed by atoms with E-state index in [1.807, 2.05) is 22.8 Å². The fourth-order valence-electron chi connectivity index (χ4n) is 3.58. The van der Waals surface area contributed by atoms with Crippen molar-refractivity contribution in [2.45, 2.75) is 13.3 Å². The van der Waals surface area contributed by atoms with Crippen LogP contribution in [0.25, 0.3) is 11.4 Å². The molecule has 148 valence electrons. The molecule has 0 amide bonds. The molecule has 0 aliphatic carbocycles. The summed E-state index contributed by atoms with van der Waals surface area (Å²) in [6.07, 6.45) is 2.08. The summed E-state index contributed by atoms with van der Waals surface area (Å²) in [4.78, 5) is 21.4. The Morgan fingerprint density at radius 3 is 2.93 bits per heavy atom. The van der Waals surface area contributed by atoms with E-state index in [4.69, 9.17) is 14.2 Å². The van der Waals surface area contributed by atoms with Crippen molar-refractivity contribution in [1.29, 1.82) is 0 Å². The van der Waals surface area contributed by atoms with Gasteiger partial charge in [-0.15, -0.1) is 5.10 Å². The van der Waals surface area contributed by atoms with Gasteiger partial charge in [-0.2, -0.15) is 0 Å². The monoisotopic (exact) mass is 394 g/mol. The van der Waals surface area contributed by atoms with Crippen molar-refractivity contribution in [3.63, 3.8) is 0 Å². The molecule has 4 heterocycles. The number of benzene rings is 1. The molecule has 29 heavy (non-hydrogen) atoms. The Kier molecular flexibility index (Phi) is 4.04. The van der Waals surface area contributed by atoms with Crippen LogP contribution in [-0.4, -0.2) is 63.3 Å². The molecule has 0 bridgehead atoms. The predicted molar refractivity (Wildman–Crippen MR) is 101 cm³/mol. The number of carbonyl (C=O) groups is 1. The van der Waals surface area contributed by atoms with Crippen molar-refractivity contribution in [2.75, 3.05) is 26.9 Å². The zero-order chi connectivity index (χ0) is 20.0. The Morgan fingerprint density at radius 2 is 2.17 bits per heavy atom. The molecule has 2 aliphatic rings. The summed E-state index contributed by atoms with van der Waals surface area (Å²) in [5, 5.41) is 8.34. The van der Waals surface area contributed by atoms with E-state index in [1.165, 1.54) is 0 Å². The molecular weight excluding hydrogens is 376 g/mol. The van der Waals surface area contributed by atoms with Crippen molar-refractivity contribution < 1.29 is 19.0 Å². The van der Waals surface area contributed by atoms with Crippen LogP contribution >= 0.6 is 0 Å². The Hall–Kier alpha value is -3.69. The third-order valence-electron chi connectivity index (χ3n) is 4.89. The Bertz CT molecular complexity index is 1150. The highest BCUT2D eigenvalue weighted by molar-refractivity contribution is 5.95. The van der Waals surface area contributed by atoms with Gasteiger partial charge in [0.2, 0.25) is 5.90 Å². The zero-order valence-electron chi connectivity index (χ0n) is 16.0. The standard InChI is InChI=1S/C19H18N6O4/c1-3-28-19(26)17-15-9-14-16(18-20-6-7-29-18)21-10-24(14)12-5-4-11(27-2)8-13(12)25(15)23-22-17/h4-5,8,10H,3,6-7,9H2,1-2H3. The molecule has 10 nitrogen and oxygen atoms in total. The minimum Gasteiger partial charge on any atom is -0.497 e. The molecule has 0 unspecified atom stereocenters. The van der Waals surface area contributed by atoms with Gasteiger partial charge < -0.3 is 14.2 Å². The molecular formula is C19H18N6O4. The van der Waals surface area contributed by atoms with E-state index in [0.29, 0.717) is 42.6 Å². The van der Waals surface area contributed by atoms with Gasteiger partial charge in [-0.05, 0) is 19.1 Å².